The highest BCUT2D eigenvalue weighted by Crippen LogP contribution is 2.43. The maximum atomic E-state index is 13.3. The van der Waals surface area contributed by atoms with Crippen LogP contribution < -0.4 is 5.32 Å². The minimum atomic E-state index is -0.396. The molecule has 7 nitrogen and oxygen atoms in total. The van der Waals surface area contributed by atoms with Crippen LogP contribution >= 0.6 is 0 Å². The molecule has 0 amide bonds. The molecule has 0 radical (unpaired) electrons. The predicted molar refractivity (Wildman–Crippen MR) is 110 cm³/mol. The lowest BCUT2D eigenvalue weighted by Crippen LogP contribution is -2.33. The molecule has 2 aliphatic rings. The smallest absolute Gasteiger partial charge is 0.337 e. The predicted octanol–water partition coefficient (Wildman–Crippen LogP) is 3.48. The molecule has 1 N–H and O–H groups in total. The first kappa shape index (κ1) is 18.3. The highest BCUT2D eigenvalue weighted by Gasteiger charge is 2.39. The first-order valence-corrected chi connectivity index (χ1v) is 9.81. The van der Waals surface area contributed by atoms with Crippen LogP contribution in [0, 0.1) is 0 Å². The minimum absolute atomic E-state index is 0.0980. The Morgan fingerprint density at radius 1 is 1.07 bits per heavy atom. The number of esters is 1. The lowest BCUT2D eigenvalue weighted by Gasteiger charge is -2.35. The molecule has 0 saturated carbocycles. The molecule has 2 atom stereocenters. The summed E-state index contributed by atoms with van der Waals surface area (Å²) in [7, 11) is 1.35. The van der Waals surface area contributed by atoms with Gasteiger partial charge in [-0.1, -0.05) is 42.5 Å². The van der Waals surface area contributed by atoms with Gasteiger partial charge >= 0.3 is 5.97 Å². The quantitative estimate of drug-likeness (QED) is 0.678. The number of nitrogens with one attached hydrogen (secondary N) is 1. The van der Waals surface area contributed by atoms with E-state index >= 15 is 0 Å². The lowest BCUT2D eigenvalue weighted by molar-refractivity contribution is -0.116. The molecular weight excluding hydrogens is 380 g/mol. The first-order valence-electron chi connectivity index (χ1n) is 9.81. The van der Waals surface area contributed by atoms with Crippen molar-refractivity contribution in [2.75, 3.05) is 12.4 Å². The van der Waals surface area contributed by atoms with E-state index in [4.69, 9.17) is 4.74 Å². The van der Waals surface area contributed by atoms with Crippen molar-refractivity contribution in [3.05, 3.63) is 88.9 Å². The van der Waals surface area contributed by atoms with Crippen molar-refractivity contribution in [3.8, 4) is 0 Å². The zero-order valence-electron chi connectivity index (χ0n) is 16.4. The number of hydrogen-bond donors (Lipinski definition) is 1. The second-order valence-corrected chi connectivity index (χ2v) is 7.50. The summed E-state index contributed by atoms with van der Waals surface area (Å²) < 4.78 is 6.51. The number of anilines is 1. The van der Waals surface area contributed by atoms with Gasteiger partial charge in [0.15, 0.2) is 5.78 Å². The molecule has 0 saturated heterocycles. The van der Waals surface area contributed by atoms with Gasteiger partial charge in [-0.2, -0.15) is 10.1 Å². The lowest BCUT2D eigenvalue weighted by atomic mass is 9.78. The summed E-state index contributed by atoms with van der Waals surface area (Å²) in [4.78, 5) is 29.4. The number of ketones is 1. The van der Waals surface area contributed by atoms with Crippen LogP contribution in [-0.4, -0.2) is 33.6 Å². The molecule has 2 heterocycles. The Morgan fingerprint density at radius 3 is 2.57 bits per heavy atom. The highest BCUT2D eigenvalue weighted by atomic mass is 16.5. The van der Waals surface area contributed by atoms with Crippen molar-refractivity contribution in [1.29, 1.82) is 0 Å². The van der Waals surface area contributed by atoms with E-state index in [0.717, 1.165) is 23.2 Å². The van der Waals surface area contributed by atoms with Gasteiger partial charge in [0.05, 0.1) is 12.7 Å². The third-order valence-corrected chi connectivity index (χ3v) is 5.78. The summed E-state index contributed by atoms with van der Waals surface area (Å²) in [5.74, 6) is 0.438. The number of carbonyl (C=O) groups excluding carboxylic acids is 2. The number of aromatic nitrogens is 3. The van der Waals surface area contributed by atoms with Crippen molar-refractivity contribution in [1.82, 2.24) is 14.8 Å². The Bertz CT molecular complexity index is 1150. The normalized spacial score (nSPS) is 20.2. The third-order valence-electron chi connectivity index (χ3n) is 5.78. The molecule has 0 fully saturated rings. The van der Waals surface area contributed by atoms with Gasteiger partial charge in [0.25, 0.3) is 0 Å². The maximum absolute atomic E-state index is 13.3. The average molecular weight is 400 g/mol. The van der Waals surface area contributed by atoms with Crippen LogP contribution in [-0.2, 0) is 9.53 Å². The molecule has 3 aromatic rings. The van der Waals surface area contributed by atoms with Gasteiger partial charge in [0, 0.05) is 17.7 Å². The molecule has 0 unspecified atom stereocenters. The van der Waals surface area contributed by atoms with Gasteiger partial charge in [-0.3, -0.25) is 4.79 Å². The van der Waals surface area contributed by atoms with E-state index in [1.807, 2.05) is 30.3 Å². The van der Waals surface area contributed by atoms with Gasteiger partial charge in [0.1, 0.15) is 12.4 Å². The number of Topliss-reactive ketones (excluding diaryl/α,β-unsaturated/α-hetero) is 1. The molecule has 1 aliphatic carbocycles. The third kappa shape index (κ3) is 2.99. The molecule has 150 valence electrons. The standard InChI is InChI=1S/C23H20N4O3/c1-30-22(29)16-9-7-15(8-10-16)21-20-18(26-23-24-13-25-27(21)23)11-17(12-19(20)28)14-5-3-2-4-6-14/h2-10,13,17,21H,11-12H2,1H3,(H,24,25,26)/t17-,21+/m0/s1. The van der Waals surface area contributed by atoms with Gasteiger partial charge in [-0.25, -0.2) is 9.48 Å². The van der Waals surface area contributed by atoms with Crippen LogP contribution in [0.1, 0.15) is 46.3 Å². The molecule has 0 spiro atoms. The van der Waals surface area contributed by atoms with Crippen molar-refractivity contribution in [2.45, 2.75) is 24.8 Å². The number of benzene rings is 2. The highest BCUT2D eigenvalue weighted by molar-refractivity contribution is 6.00. The van der Waals surface area contributed by atoms with E-state index in [2.05, 4.69) is 27.5 Å². The fraction of sp³-hybridized carbons (Fsp3) is 0.217. The summed E-state index contributed by atoms with van der Waals surface area (Å²) in [6.45, 7) is 0. The van der Waals surface area contributed by atoms with E-state index in [1.54, 1.807) is 16.8 Å². The fourth-order valence-corrected chi connectivity index (χ4v) is 4.34. The van der Waals surface area contributed by atoms with Gasteiger partial charge in [-0.05, 0) is 35.6 Å². The monoisotopic (exact) mass is 400 g/mol. The average Bonchev–Trinajstić information content (AvgIpc) is 3.26. The van der Waals surface area contributed by atoms with E-state index in [-0.39, 0.29) is 17.7 Å². The Balaban J connectivity index is 1.56. The molecule has 5 rings (SSSR count). The Morgan fingerprint density at radius 2 is 1.83 bits per heavy atom. The van der Waals surface area contributed by atoms with Gasteiger partial charge in [-0.15, -0.1) is 0 Å². The largest absolute Gasteiger partial charge is 0.465 e. The molecule has 1 aliphatic heterocycles. The summed E-state index contributed by atoms with van der Waals surface area (Å²) in [6.07, 6.45) is 2.66. The van der Waals surface area contributed by atoms with Crippen LogP contribution in [0.2, 0.25) is 0 Å². The SMILES string of the molecule is COC(=O)c1ccc([C@@H]2C3=C(C[C@H](c4ccccc4)CC3=O)Nc3ncnn32)cc1. The van der Waals surface area contributed by atoms with Crippen molar-refractivity contribution in [2.24, 2.45) is 0 Å². The number of carbonyl (C=O) groups is 2. The number of rotatable bonds is 3. The molecule has 2 aromatic carbocycles. The Hall–Kier alpha value is -3.74. The van der Waals surface area contributed by atoms with Crippen LogP contribution in [0.25, 0.3) is 0 Å². The van der Waals surface area contributed by atoms with E-state index in [9.17, 15) is 9.59 Å². The van der Waals surface area contributed by atoms with E-state index in [0.29, 0.717) is 23.5 Å². The molecular formula is C23H20N4O3. The summed E-state index contributed by atoms with van der Waals surface area (Å²) in [5, 5.41) is 7.68. The zero-order valence-corrected chi connectivity index (χ0v) is 16.4. The topological polar surface area (TPSA) is 86.1 Å². The summed E-state index contributed by atoms with van der Waals surface area (Å²) in [5.41, 5.74) is 4.09. The van der Waals surface area contributed by atoms with Crippen LogP contribution in [0.4, 0.5) is 5.95 Å². The number of methoxy groups -OCH3 is 1. The van der Waals surface area contributed by atoms with Crippen molar-refractivity contribution in [3.63, 3.8) is 0 Å². The van der Waals surface area contributed by atoms with Crippen molar-refractivity contribution >= 4 is 17.7 Å². The van der Waals surface area contributed by atoms with Crippen LogP contribution in [0.3, 0.4) is 0 Å². The van der Waals surface area contributed by atoms with Crippen molar-refractivity contribution < 1.29 is 14.3 Å². The van der Waals surface area contributed by atoms with Crippen LogP contribution in [0.15, 0.2) is 72.2 Å². The first-order chi connectivity index (χ1) is 14.7. The molecule has 1 aromatic heterocycles. The molecule has 30 heavy (non-hydrogen) atoms. The summed E-state index contributed by atoms with van der Waals surface area (Å²) in [6, 6.07) is 16.8. The number of ether oxygens (including phenoxy) is 1. The Labute approximate surface area is 173 Å². The number of nitrogens with zero attached hydrogens (tertiary/aromatic N) is 3. The van der Waals surface area contributed by atoms with Gasteiger partial charge in [0.2, 0.25) is 5.95 Å². The second-order valence-electron chi connectivity index (χ2n) is 7.50. The Kier molecular flexibility index (Phi) is 4.43. The number of fused-ring (bicyclic) bond motifs is 1. The number of hydrogen-bond acceptors (Lipinski definition) is 6. The van der Waals surface area contributed by atoms with Gasteiger partial charge < -0.3 is 10.1 Å². The van der Waals surface area contributed by atoms with E-state index < -0.39 is 5.97 Å². The maximum Gasteiger partial charge on any atom is 0.337 e. The number of allylic oxidation sites excluding steroid dienone is 2. The molecule has 7 heteroatoms. The minimum Gasteiger partial charge on any atom is -0.465 e. The van der Waals surface area contributed by atoms with Crippen LogP contribution in [0.5, 0.6) is 0 Å². The zero-order chi connectivity index (χ0) is 20.7. The van der Waals surface area contributed by atoms with E-state index in [1.165, 1.54) is 13.4 Å². The molecule has 0 bridgehead atoms. The second kappa shape index (κ2) is 7.26. The fourth-order valence-electron chi connectivity index (χ4n) is 4.34. The summed E-state index contributed by atoms with van der Waals surface area (Å²) >= 11 is 0.